The van der Waals surface area contributed by atoms with Crippen molar-refractivity contribution in [1.82, 2.24) is 9.78 Å². The fraction of sp³-hybridized carbons (Fsp3) is 0.308. The van der Waals surface area contributed by atoms with Crippen LogP contribution in [0.2, 0.25) is 0 Å². The summed E-state index contributed by atoms with van der Waals surface area (Å²) in [7, 11) is 0. The average Bonchev–Trinajstić information content (AvgIpc) is 2.80. The van der Waals surface area contributed by atoms with Crippen LogP contribution in [-0.4, -0.2) is 9.78 Å². The summed E-state index contributed by atoms with van der Waals surface area (Å²) in [6, 6.07) is 2.75. The highest BCUT2D eigenvalue weighted by Gasteiger charge is 2.14. The van der Waals surface area contributed by atoms with E-state index < -0.39 is 17.7 Å². The number of nitrogens with zero attached hydrogens (tertiary/aromatic N) is 2. The van der Waals surface area contributed by atoms with Crippen molar-refractivity contribution in [1.29, 1.82) is 0 Å². The lowest BCUT2D eigenvalue weighted by atomic mass is 10.0. The summed E-state index contributed by atoms with van der Waals surface area (Å²) in [4.78, 5) is 0. The number of hydrogen-bond acceptors (Lipinski definition) is 2. The topological polar surface area (TPSA) is 43.8 Å². The number of hydrogen-bond donors (Lipinski definition) is 1. The molecule has 0 aliphatic heterocycles. The third-order valence-corrected chi connectivity index (χ3v) is 2.82. The molecule has 2 N–H and O–H groups in total. The van der Waals surface area contributed by atoms with E-state index in [4.69, 9.17) is 5.73 Å². The summed E-state index contributed by atoms with van der Waals surface area (Å²) < 4.78 is 28.4. The molecular formula is C13H15F2N3. The molecule has 0 spiro atoms. The van der Waals surface area contributed by atoms with Crippen molar-refractivity contribution in [2.24, 2.45) is 5.73 Å². The molecule has 0 amide bonds. The Morgan fingerprint density at radius 1 is 1.39 bits per heavy atom. The minimum absolute atomic E-state index is 0.194. The minimum atomic E-state index is -0.574. The van der Waals surface area contributed by atoms with Gasteiger partial charge in [-0.2, -0.15) is 5.10 Å². The molecule has 0 radical (unpaired) electrons. The van der Waals surface area contributed by atoms with Crippen molar-refractivity contribution in [3.63, 3.8) is 0 Å². The van der Waals surface area contributed by atoms with Crippen LogP contribution in [0, 0.1) is 11.6 Å². The molecule has 0 saturated carbocycles. The smallest absolute Gasteiger partial charge is 0.128 e. The maximum absolute atomic E-state index is 13.5. The number of nitrogens with two attached hydrogens (primary N) is 1. The van der Waals surface area contributed by atoms with Crippen LogP contribution >= 0.6 is 0 Å². The summed E-state index contributed by atoms with van der Waals surface area (Å²) in [5, 5.41) is 4.11. The molecule has 0 aliphatic rings. The highest BCUT2D eigenvalue weighted by Crippen LogP contribution is 2.20. The number of halogens is 2. The molecule has 1 aromatic heterocycles. The molecule has 0 aliphatic carbocycles. The van der Waals surface area contributed by atoms with E-state index in [0.717, 1.165) is 30.3 Å². The lowest BCUT2D eigenvalue weighted by molar-refractivity contribution is 0.561. The molecule has 5 heteroatoms. The largest absolute Gasteiger partial charge is 0.324 e. The van der Waals surface area contributed by atoms with Crippen molar-refractivity contribution in [2.75, 3.05) is 0 Å². The first-order valence-corrected chi connectivity index (χ1v) is 5.82. The molecular weight excluding hydrogens is 236 g/mol. The second-order valence-corrected chi connectivity index (χ2v) is 4.18. The molecule has 1 heterocycles. The van der Waals surface area contributed by atoms with Gasteiger partial charge in [0.25, 0.3) is 0 Å². The predicted molar refractivity (Wildman–Crippen MR) is 64.9 cm³/mol. The van der Waals surface area contributed by atoms with Crippen LogP contribution < -0.4 is 5.73 Å². The van der Waals surface area contributed by atoms with Gasteiger partial charge in [-0.05, 0) is 37.1 Å². The molecule has 18 heavy (non-hydrogen) atoms. The fourth-order valence-electron chi connectivity index (χ4n) is 1.85. The summed E-state index contributed by atoms with van der Waals surface area (Å²) in [5.41, 5.74) is 7.01. The maximum atomic E-state index is 13.5. The quantitative estimate of drug-likeness (QED) is 0.907. The van der Waals surface area contributed by atoms with Gasteiger partial charge in [-0.1, -0.05) is 0 Å². The van der Waals surface area contributed by atoms with Crippen LogP contribution in [0.4, 0.5) is 8.78 Å². The van der Waals surface area contributed by atoms with Gasteiger partial charge in [0.2, 0.25) is 0 Å². The zero-order valence-corrected chi connectivity index (χ0v) is 10.1. The van der Waals surface area contributed by atoms with Gasteiger partial charge in [0, 0.05) is 24.3 Å². The van der Waals surface area contributed by atoms with Crippen LogP contribution in [0.15, 0.2) is 30.6 Å². The predicted octanol–water partition coefficient (Wildman–Crippen LogP) is 2.42. The first kappa shape index (κ1) is 12.7. The molecule has 2 aromatic rings. The van der Waals surface area contributed by atoms with Gasteiger partial charge < -0.3 is 5.73 Å². The molecule has 2 rings (SSSR count). The summed E-state index contributed by atoms with van der Waals surface area (Å²) in [6.45, 7) is 2.74. The Hall–Kier alpha value is -1.75. The third-order valence-electron chi connectivity index (χ3n) is 2.82. The summed E-state index contributed by atoms with van der Waals surface area (Å²) in [5.74, 6) is -0.960. The van der Waals surface area contributed by atoms with Gasteiger partial charge in [-0.25, -0.2) is 8.78 Å². The Morgan fingerprint density at radius 3 is 2.83 bits per heavy atom. The summed E-state index contributed by atoms with van der Waals surface area (Å²) in [6.07, 6.45) is 3.98. The maximum Gasteiger partial charge on any atom is 0.128 e. The van der Waals surface area contributed by atoms with E-state index in [9.17, 15) is 8.78 Å². The van der Waals surface area contributed by atoms with Gasteiger partial charge in [-0.3, -0.25) is 4.68 Å². The fourth-order valence-corrected chi connectivity index (χ4v) is 1.85. The lowest BCUT2D eigenvalue weighted by Gasteiger charge is -2.11. The second-order valence-electron chi connectivity index (χ2n) is 4.18. The van der Waals surface area contributed by atoms with Crippen LogP contribution in [0.1, 0.15) is 24.1 Å². The molecule has 3 nitrogen and oxygen atoms in total. The monoisotopic (exact) mass is 251 g/mol. The minimum Gasteiger partial charge on any atom is -0.324 e. The Balaban J connectivity index is 2.16. The van der Waals surface area contributed by atoms with Gasteiger partial charge in [0.1, 0.15) is 11.6 Å². The molecule has 1 aromatic carbocycles. The van der Waals surface area contributed by atoms with E-state index in [-0.39, 0.29) is 5.56 Å². The van der Waals surface area contributed by atoms with Crippen molar-refractivity contribution in [3.05, 3.63) is 53.4 Å². The van der Waals surface area contributed by atoms with E-state index in [1.807, 2.05) is 13.1 Å². The van der Waals surface area contributed by atoms with Crippen molar-refractivity contribution < 1.29 is 8.78 Å². The van der Waals surface area contributed by atoms with E-state index in [1.165, 1.54) is 0 Å². The highest BCUT2D eigenvalue weighted by atomic mass is 19.1. The number of benzene rings is 1. The first-order chi connectivity index (χ1) is 8.60. The Morgan fingerprint density at radius 2 is 2.17 bits per heavy atom. The second kappa shape index (κ2) is 5.27. The first-order valence-electron chi connectivity index (χ1n) is 5.82. The molecule has 1 unspecified atom stereocenters. The SMILES string of the molecule is CCn1cc(CC(N)c2cc(F)ccc2F)cn1. The van der Waals surface area contributed by atoms with Crippen LogP contribution in [0.25, 0.3) is 0 Å². The number of aromatic nitrogens is 2. The lowest BCUT2D eigenvalue weighted by Crippen LogP contribution is -2.15. The molecule has 1 atom stereocenters. The van der Waals surface area contributed by atoms with Gasteiger partial charge in [-0.15, -0.1) is 0 Å². The van der Waals surface area contributed by atoms with Crippen LogP contribution in [-0.2, 0) is 13.0 Å². The normalized spacial score (nSPS) is 12.7. The zero-order chi connectivity index (χ0) is 13.1. The van der Waals surface area contributed by atoms with Crippen LogP contribution in [0.5, 0.6) is 0 Å². The Labute approximate surface area is 104 Å². The average molecular weight is 251 g/mol. The number of rotatable bonds is 4. The van der Waals surface area contributed by atoms with Crippen molar-refractivity contribution in [3.8, 4) is 0 Å². The van der Waals surface area contributed by atoms with E-state index in [1.54, 1.807) is 10.9 Å². The van der Waals surface area contributed by atoms with Gasteiger partial charge in [0.05, 0.1) is 6.20 Å². The van der Waals surface area contributed by atoms with Gasteiger partial charge >= 0.3 is 0 Å². The Kier molecular flexibility index (Phi) is 3.72. The Bertz CT molecular complexity index is 537. The van der Waals surface area contributed by atoms with Gasteiger partial charge in [0.15, 0.2) is 0 Å². The highest BCUT2D eigenvalue weighted by molar-refractivity contribution is 5.24. The number of aryl methyl sites for hydroxylation is 1. The molecule has 96 valence electrons. The zero-order valence-electron chi connectivity index (χ0n) is 10.1. The third kappa shape index (κ3) is 2.73. The summed E-state index contributed by atoms with van der Waals surface area (Å²) >= 11 is 0. The van der Waals surface area contributed by atoms with Crippen molar-refractivity contribution in [2.45, 2.75) is 25.9 Å². The molecule has 0 saturated heterocycles. The van der Waals surface area contributed by atoms with Crippen molar-refractivity contribution >= 4 is 0 Å². The standard InChI is InChI=1S/C13H15F2N3/c1-2-18-8-9(7-17-18)5-13(16)11-6-10(14)3-4-12(11)15/h3-4,6-8,13H,2,5,16H2,1H3. The molecule has 0 fully saturated rings. The van der Waals surface area contributed by atoms with E-state index >= 15 is 0 Å². The van der Waals surface area contributed by atoms with E-state index in [0.29, 0.717) is 6.42 Å². The van der Waals surface area contributed by atoms with Crippen LogP contribution in [0.3, 0.4) is 0 Å². The van der Waals surface area contributed by atoms with E-state index in [2.05, 4.69) is 5.10 Å². The molecule has 0 bridgehead atoms.